The number of aliphatic hydroxyl groups excluding tert-OH is 1. The lowest BCUT2D eigenvalue weighted by molar-refractivity contribution is -0.121. The summed E-state index contributed by atoms with van der Waals surface area (Å²) < 4.78 is 1.73. The van der Waals surface area contributed by atoms with E-state index in [1.54, 1.807) is 22.2 Å². The Hall–Kier alpha value is -2.10. The van der Waals surface area contributed by atoms with Crippen LogP contribution in [0.5, 0.6) is 0 Å². The van der Waals surface area contributed by atoms with Gasteiger partial charge in [0.1, 0.15) is 6.61 Å². The summed E-state index contributed by atoms with van der Waals surface area (Å²) >= 11 is 1.54. The lowest BCUT2D eigenvalue weighted by atomic mass is 10.3. The second-order valence-electron chi connectivity index (χ2n) is 4.06. The van der Waals surface area contributed by atoms with Gasteiger partial charge in [-0.15, -0.1) is 11.3 Å². The van der Waals surface area contributed by atoms with Gasteiger partial charge in [0.15, 0.2) is 0 Å². The van der Waals surface area contributed by atoms with Gasteiger partial charge in [-0.3, -0.25) is 9.48 Å². The Morgan fingerprint density at radius 1 is 1.55 bits per heavy atom. The monoisotopic (exact) mass is 289 g/mol. The number of hydrogen-bond acceptors (Lipinski definition) is 4. The number of aromatic nitrogens is 2. The predicted octanol–water partition coefficient (Wildman–Crippen LogP) is 0.995. The molecule has 2 aromatic rings. The molecule has 0 atom stereocenters. The summed E-state index contributed by atoms with van der Waals surface area (Å²) in [6, 6.07) is 3.75. The van der Waals surface area contributed by atoms with Crippen LogP contribution in [0.4, 0.5) is 0 Å². The third kappa shape index (κ3) is 4.53. The van der Waals surface area contributed by atoms with E-state index in [9.17, 15) is 4.79 Å². The molecule has 0 bridgehead atoms. The highest BCUT2D eigenvalue weighted by molar-refractivity contribution is 7.10. The number of aryl methyl sites for hydroxylation is 1. The molecule has 2 heterocycles. The highest BCUT2D eigenvalue weighted by Crippen LogP contribution is 2.13. The van der Waals surface area contributed by atoms with Crippen LogP contribution in [0.1, 0.15) is 16.9 Å². The van der Waals surface area contributed by atoms with E-state index in [-0.39, 0.29) is 12.5 Å². The van der Waals surface area contributed by atoms with Gasteiger partial charge in [0, 0.05) is 41.2 Å². The SMILES string of the molecule is O=C(CCn1cccn1)NCc1cc(C#CCO)cs1. The lowest BCUT2D eigenvalue weighted by Gasteiger charge is -2.03. The van der Waals surface area contributed by atoms with Crippen LogP contribution in [0.3, 0.4) is 0 Å². The van der Waals surface area contributed by atoms with E-state index in [1.165, 1.54) is 0 Å². The first-order valence-electron chi connectivity index (χ1n) is 6.19. The number of rotatable bonds is 5. The number of nitrogens with zero attached hydrogens (tertiary/aromatic N) is 2. The third-order valence-corrected chi connectivity index (χ3v) is 3.49. The van der Waals surface area contributed by atoms with Crippen molar-refractivity contribution in [2.45, 2.75) is 19.5 Å². The minimum Gasteiger partial charge on any atom is -0.384 e. The van der Waals surface area contributed by atoms with Crippen molar-refractivity contribution >= 4 is 17.2 Å². The second-order valence-corrected chi connectivity index (χ2v) is 5.05. The Morgan fingerprint density at radius 3 is 3.20 bits per heavy atom. The van der Waals surface area contributed by atoms with Crippen LogP contribution in [-0.4, -0.2) is 27.4 Å². The van der Waals surface area contributed by atoms with Gasteiger partial charge in [0.2, 0.25) is 5.91 Å². The molecule has 0 spiro atoms. The smallest absolute Gasteiger partial charge is 0.222 e. The number of nitrogens with one attached hydrogen (secondary N) is 1. The molecule has 0 aliphatic carbocycles. The largest absolute Gasteiger partial charge is 0.384 e. The number of thiophene rings is 1. The number of amides is 1. The van der Waals surface area contributed by atoms with Crippen LogP contribution in [0, 0.1) is 11.8 Å². The van der Waals surface area contributed by atoms with Gasteiger partial charge < -0.3 is 10.4 Å². The standard InChI is InChI=1S/C14H15N3O2S/c18-8-1-3-12-9-13(20-11-12)10-15-14(19)4-7-17-6-2-5-16-17/h2,5-6,9,11,18H,4,7-8,10H2,(H,15,19). The van der Waals surface area contributed by atoms with Crippen LogP contribution >= 0.6 is 11.3 Å². The highest BCUT2D eigenvalue weighted by Gasteiger charge is 2.03. The molecule has 0 radical (unpaired) electrons. The second kappa shape index (κ2) is 7.48. The molecule has 20 heavy (non-hydrogen) atoms. The van der Waals surface area contributed by atoms with Gasteiger partial charge in [0.25, 0.3) is 0 Å². The summed E-state index contributed by atoms with van der Waals surface area (Å²) in [5.74, 6) is 5.42. The van der Waals surface area contributed by atoms with Gasteiger partial charge in [-0.1, -0.05) is 11.8 Å². The number of hydrogen-bond donors (Lipinski definition) is 2. The number of aliphatic hydroxyl groups is 1. The van der Waals surface area contributed by atoms with Crippen molar-refractivity contribution in [3.05, 3.63) is 40.3 Å². The highest BCUT2D eigenvalue weighted by atomic mass is 32.1. The van der Waals surface area contributed by atoms with Crippen molar-refractivity contribution in [1.82, 2.24) is 15.1 Å². The minimum atomic E-state index is -0.144. The maximum Gasteiger partial charge on any atom is 0.222 e. The Kier molecular flexibility index (Phi) is 5.35. The quantitative estimate of drug-likeness (QED) is 0.807. The first kappa shape index (κ1) is 14.3. The van der Waals surface area contributed by atoms with Crippen molar-refractivity contribution in [3.8, 4) is 11.8 Å². The van der Waals surface area contributed by atoms with E-state index in [0.717, 1.165) is 10.4 Å². The fourth-order valence-corrected chi connectivity index (χ4v) is 2.36. The molecule has 2 rings (SSSR count). The molecular formula is C14H15N3O2S. The van der Waals surface area contributed by atoms with Crippen LogP contribution in [0.2, 0.25) is 0 Å². The topological polar surface area (TPSA) is 67.2 Å². The molecular weight excluding hydrogens is 274 g/mol. The van der Waals surface area contributed by atoms with Crippen LogP contribution in [0.25, 0.3) is 0 Å². The number of carbonyl (C=O) groups is 1. The Morgan fingerprint density at radius 2 is 2.45 bits per heavy atom. The van der Waals surface area contributed by atoms with Gasteiger partial charge in [-0.25, -0.2) is 0 Å². The average molecular weight is 289 g/mol. The Balaban J connectivity index is 1.74. The summed E-state index contributed by atoms with van der Waals surface area (Å²) in [5.41, 5.74) is 0.866. The molecule has 0 fully saturated rings. The zero-order valence-electron chi connectivity index (χ0n) is 10.9. The summed E-state index contributed by atoms with van der Waals surface area (Å²) in [4.78, 5) is 12.7. The van der Waals surface area contributed by atoms with Gasteiger partial charge in [0.05, 0.1) is 6.54 Å². The van der Waals surface area contributed by atoms with Crippen molar-refractivity contribution < 1.29 is 9.90 Å². The normalized spacial score (nSPS) is 9.85. The molecule has 2 N–H and O–H groups in total. The van der Waals surface area contributed by atoms with Crippen molar-refractivity contribution in [2.24, 2.45) is 0 Å². The van der Waals surface area contributed by atoms with Crippen LogP contribution < -0.4 is 5.32 Å². The van der Waals surface area contributed by atoms with Crippen LogP contribution in [0.15, 0.2) is 29.9 Å². The van der Waals surface area contributed by atoms with E-state index in [0.29, 0.717) is 19.5 Å². The molecule has 0 saturated heterocycles. The third-order valence-electron chi connectivity index (χ3n) is 2.55. The fourth-order valence-electron chi connectivity index (χ4n) is 1.60. The van der Waals surface area contributed by atoms with E-state index in [4.69, 9.17) is 5.11 Å². The van der Waals surface area contributed by atoms with E-state index < -0.39 is 0 Å². The average Bonchev–Trinajstić information content (AvgIpc) is 3.12. The summed E-state index contributed by atoms with van der Waals surface area (Å²) in [5, 5.41) is 17.4. The molecule has 0 aliphatic rings. The molecule has 104 valence electrons. The molecule has 0 saturated carbocycles. The van der Waals surface area contributed by atoms with Crippen molar-refractivity contribution in [3.63, 3.8) is 0 Å². The zero-order valence-corrected chi connectivity index (χ0v) is 11.7. The van der Waals surface area contributed by atoms with Gasteiger partial charge >= 0.3 is 0 Å². The van der Waals surface area contributed by atoms with E-state index in [2.05, 4.69) is 22.3 Å². The first-order valence-corrected chi connectivity index (χ1v) is 7.07. The van der Waals surface area contributed by atoms with Gasteiger partial charge in [-0.05, 0) is 12.1 Å². The van der Waals surface area contributed by atoms with Crippen molar-refractivity contribution in [2.75, 3.05) is 6.61 Å². The first-order chi connectivity index (χ1) is 9.78. The maximum atomic E-state index is 11.7. The molecule has 0 unspecified atom stereocenters. The molecule has 5 nitrogen and oxygen atoms in total. The van der Waals surface area contributed by atoms with Gasteiger partial charge in [-0.2, -0.15) is 5.10 Å². The Bertz CT molecular complexity index is 608. The predicted molar refractivity (Wildman–Crippen MR) is 77.0 cm³/mol. The molecule has 1 amide bonds. The Labute approximate surface area is 121 Å². The summed E-state index contributed by atoms with van der Waals surface area (Å²) in [6.45, 7) is 0.940. The van der Waals surface area contributed by atoms with Crippen molar-refractivity contribution in [1.29, 1.82) is 0 Å². The maximum absolute atomic E-state index is 11.7. The lowest BCUT2D eigenvalue weighted by Crippen LogP contribution is -2.23. The van der Waals surface area contributed by atoms with Crippen LogP contribution in [-0.2, 0) is 17.9 Å². The molecule has 0 aliphatic heterocycles. The summed E-state index contributed by atoms with van der Waals surface area (Å²) in [6.07, 6.45) is 3.93. The molecule has 6 heteroatoms. The zero-order chi connectivity index (χ0) is 14.2. The number of carbonyl (C=O) groups excluding carboxylic acids is 1. The summed E-state index contributed by atoms with van der Waals surface area (Å²) in [7, 11) is 0. The minimum absolute atomic E-state index is 0.00288. The fraction of sp³-hybridized carbons (Fsp3) is 0.286. The molecule has 0 aromatic carbocycles. The van der Waals surface area contributed by atoms with E-state index >= 15 is 0 Å². The molecule has 2 aromatic heterocycles. The van der Waals surface area contributed by atoms with E-state index in [1.807, 2.05) is 23.7 Å².